The molecule has 22 heavy (non-hydrogen) atoms. The van der Waals surface area contributed by atoms with Crippen LogP contribution >= 0.6 is 15.9 Å². The van der Waals surface area contributed by atoms with E-state index in [0.717, 1.165) is 15.9 Å². The minimum absolute atomic E-state index is 0.256. The summed E-state index contributed by atoms with van der Waals surface area (Å²) in [6.45, 7) is 0.715. The molecule has 0 aliphatic carbocycles. The molecule has 1 aromatic heterocycles. The lowest BCUT2D eigenvalue weighted by molar-refractivity contribution is 0.259. The minimum Gasteiger partial charge on any atom is -0.484 e. The van der Waals surface area contributed by atoms with Crippen molar-refractivity contribution in [3.05, 3.63) is 70.9 Å². The van der Waals surface area contributed by atoms with Crippen molar-refractivity contribution in [2.75, 3.05) is 5.32 Å². The zero-order valence-electron chi connectivity index (χ0n) is 11.7. The van der Waals surface area contributed by atoms with Crippen LogP contribution in [0.1, 0.15) is 11.8 Å². The largest absolute Gasteiger partial charge is 0.484 e. The molecule has 0 atom stereocenters. The van der Waals surface area contributed by atoms with Gasteiger partial charge in [0.05, 0.1) is 6.54 Å². The van der Waals surface area contributed by atoms with Gasteiger partial charge in [-0.2, -0.15) is 0 Å². The molecule has 0 bridgehead atoms. The summed E-state index contributed by atoms with van der Waals surface area (Å²) < 4.78 is 12.1. The average molecular weight is 360 g/mol. The number of benzene rings is 2. The first-order valence-corrected chi connectivity index (χ1v) is 7.58. The van der Waals surface area contributed by atoms with Gasteiger partial charge in [-0.15, -0.1) is 10.2 Å². The van der Waals surface area contributed by atoms with Crippen molar-refractivity contribution in [3.63, 3.8) is 0 Å². The van der Waals surface area contributed by atoms with Crippen molar-refractivity contribution in [3.8, 4) is 5.75 Å². The fraction of sp³-hybridized carbons (Fsp3) is 0.125. The van der Waals surface area contributed by atoms with Crippen LogP contribution in [0.15, 0.2) is 63.5 Å². The highest BCUT2D eigenvalue weighted by atomic mass is 79.9. The summed E-state index contributed by atoms with van der Waals surface area (Å²) >= 11 is 3.48. The van der Waals surface area contributed by atoms with Gasteiger partial charge in [-0.3, -0.25) is 0 Å². The summed E-state index contributed by atoms with van der Waals surface area (Å²) in [4.78, 5) is 0. The predicted molar refractivity (Wildman–Crippen MR) is 86.5 cm³/mol. The van der Waals surface area contributed by atoms with Gasteiger partial charge in [0.1, 0.15) is 5.75 Å². The Hall–Kier alpha value is -2.34. The first-order chi connectivity index (χ1) is 10.8. The molecular formula is C16H14BrN3O2. The number of hydrogen-bond acceptors (Lipinski definition) is 5. The first kappa shape index (κ1) is 14.6. The molecule has 1 heterocycles. The second-order valence-electron chi connectivity index (χ2n) is 4.52. The third-order valence-electron chi connectivity index (χ3n) is 2.92. The van der Waals surface area contributed by atoms with E-state index in [-0.39, 0.29) is 6.61 Å². The molecule has 0 saturated heterocycles. The normalized spacial score (nSPS) is 10.4. The number of para-hydroxylation sites is 2. The molecule has 0 unspecified atom stereocenters. The van der Waals surface area contributed by atoms with Crippen LogP contribution in [0.5, 0.6) is 5.75 Å². The smallest absolute Gasteiger partial charge is 0.253 e. The average Bonchev–Trinajstić information content (AvgIpc) is 3.01. The van der Waals surface area contributed by atoms with E-state index in [1.54, 1.807) is 0 Å². The Labute approximate surface area is 136 Å². The van der Waals surface area contributed by atoms with E-state index in [9.17, 15) is 0 Å². The summed E-state index contributed by atoms with van der Waals surface area (Å²) in [6, 6.07) is 17.4. The van der Waals surface area contributed by atoms with Crippen LogP contribution in [0.3, 0.4) is 0 Å². The maximum atomic E-state index is 5.56. The van der Waals surface area contributed by atoms with Crippen molar-refractivity contribution in [2.45, 2.75) is 13.2 Å². The van der Waals surface area contributed by atoms with Gasteiger partial charge in [0.2, 0.25) is 5.89 Å². The molecule has 0 radical (unpaired) electrons. The Kier molecular flexibility index (Phi) is 4.70. The molecule has 0 aliphatic heterocycles. The molecular weight excluding hydrogens is 346 g/mol. The molecule has 0 fully saturated rings. The summed E-state index contributed by atoms with van der Waals surface area (Å²) in [5, 5.41) is 11.2. The third-order valence-corrected chi connectivity index (χ3v) is 3.61. The van der Waals surface area contributed by atoms with Crippen LogP contribution in [-0.4, -0.2) is 10.2 Å². The second kappa shape index (κ2) is 7.09. The van der Waals surface area contributed by atoms with Gasteiger partial charge in [-0.05, 0) is 40.2 Å². The highest BCUT2D eigenvalue weighted by Gasteiger charge is 2.07. The fourth-order valence-corrected chi connectivity index (χ4v) is 2.28. The Morgan fingerprint density at radius 2 is 1.68 bits per heavy atom. The Bertz CT molecular complexity index is 731. The quantitative estimate of drug-likeness (QED) is 0.719. The van der Waals surface area contributed by atoms with E-state index < -0.39 is 0 Å². The monoisotopic (exact) mass is 359 g/mol. The van der Waals surface area contributed by atoms with Crippen LogP contribution < -0.4 is 10.1 Å². The molecule has 0 saturated carbocycles. The predicted octanol–water partition coefficient (Wildman–Crippen LogP) is 4.02. The Balaban J connectivity index is 1.54. The summed E-state index contributed by atoms with van der Waals surface area (Å²) in [5.41, 5.74) is 0.975. The van der Waals surface area contributed by atoms with Gasteiger partial charge in [0.25, 0.3) is 5.89 Å². The van der Waals surface area contributed by atoms with E-state index in [0.29, 0.717) is 18.3 Å². The Morgan fingerprint density at radius 3 is 2.50 bits per heavy atom. The van der Waals surface area contributed by atoms with Crippen LogP contribution in [0.4, 0.5) is 5.69 Å². The maximum Gasteiger partial charge on any atom is 0.253 e. The van der Waals surface area contributed by atoms with E-state index >= 15 is 0 Å². The van der Waals surface area contributed by atoms with Crippen LogP contribution in [-0.2, 0) is 13.2 Å². The van der Waals surface area contributed by atoms with E-state index in [2.05, 4.69) is 31.4 Å². The molecule has 6 heteroatoms. The number of ether oxygens (including phenoxy) is 1. The summed E-state index contributed by atoms with van der Waals surface area (Å²) in [5.74, 6) is 1.74. The van der Waals surface area contributed by atoms with Crippen molar-refractivity contribution in [1.82, 2.24) is 10.2 Å². The van der Waals surface area contributed by atoms with Crippen LogP contribution in [0.2, 0.25) is 0 Å². The fourth-order valence-electron chi connectivity index (χ4n) is 1.86. The van der Waals surface area contributed by atoms with Crippen molar-refractivity contribution in [1.29, 1.82) is 0 Å². The molecule has 0 amide bonds. The van der Waals surface area contributed by atoms with E-state index in [4.69, 9.17) is 9.15 Å². The maximum absolute atomic E-state index is 5.56. The molecule has 3 aromatic rings. The Morgan fingerprint density at radius 1 is 0.955 bits per heavy atom. The number of nitrogens with one attached hydrogen (secondary N) is 1. The van der Waals surface area contributed by atoms with Gasteiger partial charge in [-0.25, -0.2) is 0 Å². The third kappa shape index (κ3) is 3.85. The molecule has 1 N–H and O–H groups in total. The minimum atomic E-state index is 0.256. The topological polar surface area (TPSA) is 60.2 Å². The number of anilines is 1. The number of nitrogens with zero attached hydrogens (tertiary/aromatic N) is 2. The molecule has 5 nitrogen and oxygen atoms in total. The highest BCUT2D eigenvalue weighted by Crippen LogP contribution is 2.21. The number of hydrogen-bond donors (Lipinski definition) is 1. The molecule has 3 rings (SSSR count). The van der Waals surface area contributed by atoms with E-state index in [1.807, 2.05) is 54.6 Å². The highest BCUT2D eigenvalue weighted by molar-refractivity contribution is 9.10. The van der Waals surface area contributed by atoms with Gasteiger partial charge in [0.15, 0.2) is 6.61 Å². The van der Waals surface area contributed by atoms with Gasteiger partial charge in [0, 0.05) is 10.2 Å². The van der Waals surface area contributed by atoms with Gasteiger partial charge < -0.3 is 14.5 Å². The number of aromatic nitrogens is 2. The zero-order chi connectivity index (χ0) is 15.2. The lowest BCUT2D eigenvalue weighted by atomic mass is 10.3. The van der Waals surface area contributed by atoms with E-state index in [1.165, 1.54) is 0 Å². The van der Waals surface area contributed by atoms with Crippen LogP contribution in [0.25, 0.3) is 0 Å². The summed E-state index contributed by atoms with van der Waals surface area (Å²) in [7, 11) is 0. The SMILES string of the molecule is Brc1ccccc1NCc1nnc(COc2ccccc2)o1. The molecule has 112 valence electrons. The molecule has 0 spiro atoms. The summed E-state index contributed by atoms with van der Waals surface area (Å²) in [6.07, 6.45) is 0. The number of halogens is 1. The lowest BCUT2D eigenvalue weighted by Crippen LogP contribution is -2.00. The van der Waals surface area contributed by atoms with Crippen molar-refractivity contribution >= 4 is 21.6 Å². The van der Waals surface area contributed by atoms with Gasteiger partial charge in [-0.1, -0.05) is 30.3 Å². The first-order valence-electron chi connectivity index (χ1n) is 6.79. The second-order valence-corrected chi connectivity index (χ2v) is 5.38. The van der Waals surface area contributed by atoms with Gasteiger partial charge >= 0.3 is 0 Å². The van der Waals surface area contributed by atoms with Crippen LogP contribution in [0, 0.1) is 0 Å². The number of rotatable bonds is 6. The van der Waals surface area contributed by atoms with Crippen molar-refractivity contribution < 1.29 is 9.15 Å². The zero-order valence-corrected chi connectivity index (χ0v) is 13.3. The molecule has 2 aromatic carbocycles. The lowest BCUT2D eigenvalue weighted by Gasteiger charge is -2.05. The van der Waals surface area contributed by atoms with Crippen molar-refractivity contribution in [2.24, 2.45) is 0 Å². The molecule has 0 aliphatic rings. The standard InChI is InChI=1S/C16H14BrN3O2/c17-13-8-4-5-9-14(13)18-10-15-19-20-16(22-15)11-21-12-6-2-1-3-7-12/h1-9,18H,10-11H2.